The van der Waals surface area contributed by atoms with E-state index in [9.17, 15) is 9.59 Å². The molecule has 4 aliphatic heterocycles. The Morgan fingerprint density at radius 1 is 1.20 bits per heavy atom. The molecule has 4 aliphatic rings. The molecular formula is C17H25N5O2S. The van der Waals surface area contributed by atoms with Crippen molar-refractivity contribution in [1.29, 1.82) is 0 Å². The van der Waals surface area contributed by atoms with E-state index in [2.05, 4.69) is 16.9 Å². The van der Waals surface area contributed by atoms with Crippen LogP contribution in [-0.2, 0) is 11.3 Å². The number of urea groups is 1. The highest BCUT2D eigenvalue weighted by Gasteiger charge is 2.42. The van der Waals surface area contributed by atoms with Gasteiger partial charge in [0.25, 0.3) is 0 Å². The zero-order valence-corrected chi connectivity index (χ0v) is 15.5. The highest BCUT2D eigenvalue weighted by Crippen LogP contribution is 2.31. The minimum atomic E-state index is -0.0613. The molecule has 0 N–H and O–H groups in total. The van der Waals surface area contributed by atoms with Crippen molar-refractivity contribution in [3.63, 3.8) is 0 Å². The van der Waals surface area contributed by atoms with Crippen LogP contribution in [0.5, 0.6) is 0 Å². The molecule has 0 saturated carbocycles. The first-order valence-electron chi connectivity index (χ1n) is 9.02. The number of nitrogens with zero attached hydrogens (tertiary/aromatic N) is 5. The van der Waals surface area contributed by atoms with Crippen LogP contribution in [0.25, 0.3) is 0 Å². The van der Waals surface area contributed by atoms with Crippen LogP contribution < -0.4 is 0 Å². The zero-order chi connectivity index (χ0) is 17.4. The molecule has 7 nitrogen and oxygen atoms in total. The second-order valence-electron chi connectivity index (χ2n) is 7.35. The Hall–Kier alpha value is -1.67. The molecule has 8 heteroatoms. The molecule has 0 unspecified atom stereocenters. The van der Waals surface area contributed by atoms with Crippen molar-refractivity contribution < 1.29 is 9.59 Å². The van der Waals surface area contributed by atoms with Crippen LogP contribution in [0.2, 0.25) is 0 Å². The number of amides is 3. The summed E-state index contributed by atoms with van der Waals surface area (Å²) in [6, 6.07) is 0.220. The van der Waals surface area contributed by atoms with Crippen LogP contribution in [0.4, 0.5) is 4.79 Å². The molecule has 0 aromatic carbocycles. The lowest BCUT2D eigenvalue weighted by atomic mass is 9.94. The highest BCUT2D eigenvalue weighted by atomic mass is 32.1. The summed E-state index contributed by atoms with van der Waals surface area (Å²) < 4.78 is 0. The zero-order valence-electron chi connectivity index (χ0n) is 14.6. The number of likely N-dealkylation sites (N-methyl/N-ethyl adjacent to an activating group) is 1. The number of piperidine rings is 1. The van der Waals surface area contributed by atoms with Crippen molar-refractivity contribution in [2.24, 2.45) is 5.92 Å². The van der Waals surface area contributed by atoms with Crippen molar-refractivity contribution in [2.45, 2.75) is 25.4 Å². The van der Waals surface area contributed by atoms with Gasteiger partial charge in [0, 0.05) is 50.7 Å². The Morgan fingerprint density at radius 3 is 2.72 bits per heavy atom. The van der Waals surface area contributed by atoms with Crippen LogP contribution in [0.3, 0.4) is 0 Å². The Morgan fingerprint density at radius 2 is 2.00 bits per heavy atom. The van der Waals surface area contributed by atoms with E-state index in [4.69, 9.17) is 0 Å². The number of rotatable bonds is 2. The van der Waals surface area contributed by atoms with Gasteiger partial charge in [0.05, 0.1) is 23.7 Å². The van der Waals surface area contributed by atoms with Gasteiger partial charge in [0.2, 0.25) is 5.91 Å². The molecule has 4 fully saturated rings. The van der Waals surface area contributed by atoms with Gasteiger partial charge < -0.3 is 19.6 Å². The Kier molecular flexibility index (Phi) is 4.64. The van der Waals surface area contributed by atoms with Gasteiger partial charge in [0.15, 0.2) is 0 Å². The number of fused-ring (bicyclic) bond motifs is 4. The topological polar surface area (TPSA) is 60.0 Å². The molecule has 5 rings (SSSR count). The van der Waals surface area contributed by atoms with Crippen LogP contribution >= 0.6 is 11.3 Å². The summed E-state index contributed by atoms with van der Waals surface area (Å²) in [6.07, 6.45) is 1.87. The van der Waals surface area contributed by atoms with E-state index in [0.29, 0.717) is 19.6 Å². The molecule has 1 aromatic heterocycles. The van der Waals surface area contributed by atoms with Gasteiger partial charge in [-0.15, -0.1) is 11.3 Å². The van der Waals surface area contributed by atoms with Gasteiger partial charge in [-0.2, -0.15) is 0 Å². The molecule has 25 heavy (non-hydrogen) atoms. The first-order chi connectivity index (χ1) is 12.1. The molecule has 136 valence electrons. The normalized spacial score (nSPS) is 27.7. The number of hydrogen-bond donors (Lipinski definition) is 0. The summed E-state index contributed by atoms with van der Waals surface area (Å²) in [7, 11) is 2.09. The number of carbonyl (C=O) groups is 2. The summed E-state index contributed by atoms with van der Waals surface area (Å²) in [5.74, 6) is 0.131. The number of aromatic nitrogens is 1. The minimum Gasteiger partial charge on any atom is -0.332 e. The lowest BCUT2D eigenvalue weighted by Crippen LogP contribution is -2.53. The van der Waals surface area contributed by atoms with Crippen molar-refractivity contribution in [3.05, 3.63) is 16.6 Å². The average molecular weight is 363 g/mol. The Labute approximate surface area is 152 Å². The number of thiazole rings is 1. The molecule has 0 radical (unpaired) electrons. The summed E-state index contributed by atoms with van der Waals surface area (Å²) >= 11 is 1.55. The SMILES string of the molecule is CN1CCN(C(=O)N2C[C@@H]3CC[C@H](C2)N(Cc2cscn2)C3=O)CC1. The van der Waals surface area contributed by atoms with E-state index in [1.165, 1.54) is 0 Å². The van der Waals surface area contributed by atoms with Crippen molar-refractivity contribution >= 4 is 23.3 Å². The third-order valence-electron chi connectivity index (χ3n) is 5.65. The maximum atomic E-state index is 13.0. The highest BCUT2D eigenvalue weighted by molar-refractivity contribution is 7.07. The number of piperazine rings is 1. The first kappa shape index (κ1) is 16.8. The van der Waals surface area contributed by atoms with E-state index in [-0.39, 0.29) is 23.9 Å². The quantitative estimate of drug-likeness (QED) is 0.784. The first-order valence-corrected chi connectivity index (χ1v) is 9.96. The van der Waals surface area contributed by atoms with E-state index in [1.807, 2.05) is 20.1 Å². The van der Waals surface area contributed by atoms with Crippen LogP contribution in [0.1, 0.15) is 18.5 Å². The smallest absolute Gasteiger partial charge is 0.320 e. The fourth-order valence-corrected chi connectivity index (χ4v) is 4.64. The van der Waals surface area contributed by atoms with Gasteiger partial charge in [-0.25, -0.2) is 9.78 Å². The average Bonchev–Trinajstić information content (AvgIpc) is 2.98. The fourth-order valence-electron chi connectivity index (χ4n) is 4.09. The van der Waals surface area contributed by atoms with Crippen LogP contribution in [0.15, 0.2) is 10.9 Å². The third kappa shape index (κ3) is 3.37. The lowest BCUT2D eigenvalue weighted by Gasteiger charge is -2.37. The van der Waals surface area contributed by atoms with Crippen molar-refractivity contribution in [1.82, 2.24) is 24.6 Å². The molecule has 4 saturated heterocycles. The van der Waals surface area contributed by atoms with Gasteiger partial charge in [0.1, 0.15) is 0 Å². The maximum Gasteiger partial charge on any atom is 0.320 e. The summed E-state index contributed by atoms with van der Waals surface area (Å²) in [6.45, 7) is 5.17. The van der Waals surface area contributed by atoms with Gasteiger partial charge in [-0.1, -0.05) is 0 Å². The standard InChI is InChI=1S/C17H25N5O2S/c1-19-4-6-20(7-5-19)17(24)21-8-13-2-3-15(10-21)22(16(13)23)9-14-11-25-12-18-14/h11-13,15H,2-10H2,1H3/t13-,15+/m0/s1. The molecule has 2 atom stereocenters. The van der Waals surface area contributed by atoms with Crippen LogP contribution in [0, 0.1) is 5.92 Å². The van der Waals surface area contributed by atoms with E-state index in [1.54, 1.807) is 16.8 Å². The monoisotopic (exact) mass is 363 g/mol. The van der Waals surface area contributed by atoms with Crippen molar-refractivity contribution in [2.75, 3.05) is 46.3 Å². The summed E-state index contributed by atoms with van der Waals surface area (Å²) in [5, 5.41) is 2.00. The third-order valence-corrected chi connectivity index (χ3v) is 6.29. The maximum absolute atomic E-state index is 13.0. The lowest BCUT2D eigenvalue weighted by molar-refractivity contribution is -0.140. The Bertz CT molecular complexity index is 629. The predicted octanol–water partition coefficient (Wildman–Crippen LogP) is 0.933. The van der Waals surface area contributed by atoms with Gasteiger partial charge >= 0.3 is 6.03 Å². The van der Waals surface area contributed by atoms with Gasteiger partial charge in [-0.05, 0) is 19.9 Å². The van der Waals surface area contributed by atoms with E-state index in [0.717, 1.165) is 44.7 Å². The van der Waals surface area contributed by atoms with E-state index >= 15 is 0 Å². The number of hydrogen-bond acceptors (Lipinski definition) is 5. The largest absolute Gasteiger partial charge is 0.332 e. The second kappa shape index (κ2) is 6.92. The molecule has 5 heterocycles. The minimum absolute atomic E-state index is 0.0613. The number of carbonyl (C=O) groups excluding carboxylic acids is 2. The summed E-state index contributed by atoms with van der Waals surface area (Å²) in [4.78, 5) is 38.2. The molecule has 0 aliphatic carbocycles. The Balaban J connectivity index is 1.47. The molecular weight excluding hydrogens is 338 g/mol. The molecule has 3 amide bonds. The second-order valence-corrected chi connectivity index (χ2v) is 8.07. The fraction of sp³-hybridized carbons (Fsp3) is 0.706. The van der Waals surface area contributed by atoms with Crippen LogP contribution in [-0.4, -0.2) is 88.9 Å². The summed E-state index contributed by atoms with van der Waals surface area (Å²) in [5.41, 5.74) is 2.75. The van der Waals surface area contributed by atoms with E-state index < -0.39 is 0 Å². The van der Waals surface area contributed by atoms with Crippen molar-refractivity contribution in [3.8, 4) is 0 Å². The predicted molar refractivity (Wildman–Crippen MR) is 95.2 cm³/mol. The molecule has 2 bridgehead atoms. The molecule has 1 aromatic rings. The molecule has 0 spiro atoms. The van der Waals surface area contributed by atoms with Gasteiger partial charge in [-0.3, -0.25) is 4.79 Å².